The molecular weight excluding hydrogens is 529 g/mol. The van der Waals surface area contributed by atoms with Gasteiger partial charge in [-0.1, -0.05) is 0 Å². The molecule has 1 aromatic carbocycles. The van der Waals surface area contributed by atoms with Gasteiger partial charge in [-0.3, -0.25) is 9.59 Å². The first kappa shape index (κ1) is 27.8. The van der Waals surface area contributed by atoms with Gasteiger partial charge in [0.05, 0.1) is 29.7 Å². The summed E-state index contributed by atoms with van der Waals surface area (Å²) >= 11 is 0. The Hall–Kier alpha value is -3.71. The molecule has 0 bridgehead atoms. The number of rotatable bonds is 8. The Bertz CT molecular complexity index is 1420. The Morgan fingerprint density at radius 3 is 2.62 bits per heavy atom. The summed E-state index contributed by atoms with van der Waals surface area (Å²) in [5.41, 5.74) is 0.767. The average molecular weight is 561 g/mol. The number of hydrogen-bond donors (Lipinski definition) is 3. The van der Waals surface area contributed by atoms with Gasteiger partial charge in [0.2, 0.25) is 0 Å². The van der Waals surface area contributed by atoms with Crippen molar-refractivity contribution in [2.24, 2.45) is 5.92 Å². The van der Waals surface area contributed by atoms with Crippen molar-refractivity contribution in [2.75, 3.05) is 29.9 Å². The second kappa shape index (κ2) is 10.7. The van der Waals surface area contributed by atoms with Crippen LogP contribution in [0.3, 0.4) is 0 Å². The van der Waals surface area contributed by atoms with Crippen molar-refractivity contribution in [1.29, 1.82) is 0 Å². The number of alkyl halides is 3. The minimum atomic E-state index is -2.84. The summed E-state index contributed by atoms with van der Waals surface area (Å²) in [6, 6.07) is 4.97. The third-order valence-electron chi connectivity index (χ3n) is 7.64. The summed E-state index contributed by atoms with van der Waals surface area (Å²) in [6.07, 6.45) is -1.05. The van der Waals surface area contributed by atoms with Gasteiger partial charge in [0, 0.05) is 37.6 Å². The van der Waals surface area contributed by atoms with Crippen LogP contribution in [0.2, 0.25) is 0 Å². The third-order valence-corrected chi connectivity index (χ3v) is 7.64. The van der Waals surface area contributed by atoms with E-state index in [0.717, 1.165) is 0 Å². The number of aliphatic hydroxyl groups excluding tert-OH is 1. The van der Waals surface area contributed by atoms with E-state index in [-0.39, 0.29) is 18.7 Å². The standard InChI is InChI=1S/C27H31F3N6O4/c1-27(2,40)21(28)14-35-13-16-10-19(33-25(38)18-12-32-36-7-3-6-31-24(18)36)20(11-17(16)26(35)39)34-8-4-15(5-9-34)22(37)23(29)30/h3,6-7,10-12,15,21-23,37,40H,4-5,8-9,13-14H2,1-2H3,(H,33,38)/t21-,22-/m1/s1. The number of nitrogens with one attached hydrogen (secondary N) is 1. The van der Waals surface area contributed by atoms with E-state index in [1.807, 2.05) is 4.90 Å². The maximum absolute atomic E-state index is 14.6. The predicted octanol–water partition coefficient (Wildman–Crippen LogP) is 2.89. The highest BCUT2D eigenvalue weighted by Crippen LogP contribution is 2.38. The summed E-state index contributed by atoms with van der Waals surface area (Å²) < 4.78 is 42.2. The van der Waals surface area contributed by atoms with E-state index >= 15 is 0 Å². The quantitative estimate of drug-likeness (QED) is 0.387. The largest absolute Gasteiger partial charge is 0.387 e. The molecule has 0 radical (unpaired) electrons. The number of amides is 2. The number of aliphatic hydroxyl groups is 2. The van der Waals surface area contributed by atoms with Crippen molar-refractivity contribution in [2.45, 2.75) is 57.5 Å². The zero-order chi connectivity index (χ0) is 28.8. The molecule has 1 saturated heterocycles. The van der Waals surface area contributed by atoms with Gasteiger partial charge in [-0.2, -0.15) is 5.10 Å². The van der Waals surface area contributed by atoms with Crippen LogP contribution < -0.4 is 10.2 Å². The molecule has 2 aromatic heterocycles. The Labute approximate surface area is 228 Å². The Morgan fingerprint density at radius 2 is 1.95 bits per heavy atom. The third kappa shape index (κ3) is 5.35. The maximum atomic E-state index is 14.6. The van der Waals surface area contributed by atoms with Gasteiger partial charge in [0.15, 0.2) is 5.65 Å². The van der Waals surface area contributed by atoms with Crippen LogP contribution in [0.15, 0.2) is 36.8 Å². The lowest BCUT2D eigenvalue weighted by Gasteiger charge is -2.36. The van der Waals surface area contributed by atoms with Gasteiger partial charge < -0.3 is 25.3 Å². The van der Waals surface area contributed by atoms with Crippen LogP contribution in [0.1, 0.15) is 53.0 Å². The molecule has 2 amide bonds. The molecule has 3 N–H and O–H groups in total. The van der Waals surface area contributed by atoms with Crippen molar-refractivity contribution >= 4 is 28.8 Å². The van der Waals surface area contributed by atoms with E-state index in [1.165, 1.54) is 29.5 Å². The Kier molecular flexibility index (Phi) is 7.44. The molecule has 5 rings (SSSR count). The first-order valence-electron chi connectivity index (χ1n) is 13.1. The molecule has 0 aliphatic carbocycles. The molecule has 2 aliphatic heterocycles. The second-order valence-corrected chi connectivity index (χ2v) is 10.9. The molecule has 1 fully saturated rings. The molecule has 0 unspecified atom stereocenters. The predicted molar refractivity (Wildman–Crippen MR) is 140 cm³/mol. The summed E-state index contributed by atoms with van der Waals surface area (Å²) in [5.74, 6) is -1.46. The SMILES string of the molecule is CC(C)(O)[C@H](F)CN1Cc2cc(NC(=O)c3cnn4cccnc34)c(N3CCC([C@@H](O)C(F)F)CC3)cc2C1=O. The smallest absolute Gasteiger partial charge is 0.264 e. The Morgan fingerprint density at radius 1 is 1.23 bits per heavy atom. The van der Waals surface area contributed by atoms with Gasteiger partial charge >= 0.3 is 0 Å². The minimum Gasteiger partial charge on any atom is -0.387 e. The molecule has 10 nitrogen and oxygen atoms in total. The monoisotopic (exact) mass is 560 g/mol. The van der Waals surface area contributed by atoms with Gasteiger partial charge in [0.1, 0.15) is 17.8 Å². The lowest BCUT2D eigenvalue weighted by molar-refractivity contribution is -0.0441. The topological polar surface area (TPSA) is 123 Å². The number of nitrogens with zero attached hydrogens (tertiary/aromatic N) is 5. The van der Waals surface area contributed by atoms with E-state index in [1.54, 1.807) is 30.6 Å². The molecule has 214 valence electrons. The fraction of sp³-hybridized carbons (Fsp3) is 0.481. The number of piperidine rings is 1. The van der Waals surface area contributed by atoms with E-state index < -0.39 is 42.0 Å². The van der Waals surface area contributed by atoms with Gasteiger partial charge in [-0.05, 0) is 56.4 Å². The molecule has 40 heavy (non-hydrogen) atoms. The highest BCUT2D eigenvalue weighted by Gasteiger charge is 2.37. The molecule has 3 aromatic rings. The van der Waals surface area contributed by atoms with Crippen LogP contribution in [0.4, 0.5) is 24.5 Å². The van der Waals surface area contributed by atoms with E-state index in [9.17, 15) is 33.0 Å². The first-order chi connectivity index (χ1) is 18.9. The van der Waals surface area contributed by atoms with Crippen LogP contribution in [-0.4, -0.2) is 85.5 Å². The fourth-order valence-corrected chi connectivity index (χ4v) is 5.20. The number of anilines is 2. The fourth-order valence-electron chi connectivity index (χ4n) is 5.20. The molecule has 0 saturated carbocycles. The van der Waals surface area contributed by atoms with Gasteiger partial charge in [-0.25, -0.2) is 22.7 Å². The molecule has 4 heterocycles. The molecule has 2 aliphatic rings. The molecule has 0 spiro atoms. The van der Waals surface area contributed by atoms with Gasteiger partial charge in [-0.15, -0.1) is 0 Å². The van der Waals surface area contributed by atoms with E-state index in [0.29, 0.717) is 54.1 Å². The number of aromatic nitrogens is 3. The average Bonchev–Trinajstić information content (AvgIpc) is 3.48. The number of carbonyl (C=O) groups excluding carboxylic acids is 2. The number of fused-ring (bicyclic) bond motifs is 2. The normalized spacial score (nSPS) is 17.9. The van der Waals surface area contributed by atoms with E-state index in [4.69, 9.17) is 0 Å². The lowest BCUT2D eigenvalue weighted by Crippen LogP contribution is -2.42. The summed E-state index contributed by atoms with van der Waals surface area (Å²) in [5, 5.41) is 26.9. The number of halogens is 3. The van der Waals surface area contributed by atoms with Crippen LogP contribution in [0.25, 0.3) is 5.65 Å². The Balaban J connectivity index is 1.45. The summed E-state index contributed by atoms with van der Waals surface area (Å²) in [6.45, 7) is 3.09. The summed E-state index contributed by atoms with van der Waals surface area (Å²) in [7, 11) is 0. The van der Waals surface area contributed by atoms with Crippen LogP contribution in [0, 0.1) is 5.92 Å². The van der Waals surface area contributed by atoms with Crippen molar-refractivity contribution in [3.05, 3.63) is 53.5 Å². The molecule has 2 atom stereocenters. The van der Waals surface area contributed by atoms with Crippen molar-refractivity contribution < 1.29 is 33.0 Å². The van der Waals surface area contributed by atoms with Crippen LogP contribution in [0.5, 0.6) is 0 Å². The number of benzene rings is 1. The second-order valence-electron chi connectivity index (χ2n) is 10.9. The zero-order valence-corrected chi connectivity index (χ0v) is 22.1. The highest BCUT2D eigenvalue weighted by atomic mass is 19.3. The lowest BCUT2D eigenvalue weighted by atomic mass is 9.91. The van der Waals surface area contributed by atoms with E-state index in [2.05, 4.69) is 15.4 Å². The van der Waals surface area contributed by atoms with Crippen LogP contribution >= 0.6 is 0 Å². The van der Waals surface area contributed by atoms with Crippen LogP contribution in [-0.2, 0) is 6.54 Å². The first-order valence-corrected chi connectivity index (χ1v) is 13.1. The number of hydrogen-bond acceptors (Lipinski definition) is 7. The van der Waals surface area contributed by atoms with Crippen molar-refractivity contribution in [3.8, 4) is 0 Å². The summed E-state index contributed by atoms with van der Waals surface area (Å²) in [4.78, 5) is 33.9. The van der Waals surface area contributed by atoms with Gasteiger partial charge in [0.25, 0.3) is 18.2 Å². The zero-order valence-electron chi connectivity index (χ0n) is 22.1. The minimum absolute atomic E-state index is 0.0920. The number of carbonyl (C=O) groups is 2. The molecular formula is C27H31F3N6O4. The molecule has 13 heteroatoms. The van der Waals surface area contributed by atoms with Crippen molar-refractivity contribution in [3.63, 3.8) is 0 Å². The van der Waals surface area contributed by atoms with Crippen molar-refractivity contribution in [1.82, 2.24) is 19.5 Å². The highest BCUT2D eigenvalue weighted by molar-refractivity contribution is 6.10. The maximum Gasteiger partial charge on any atom is 0.264 e.